The lowest BCUT2D eigenvalue weighted by atomic mass is 10.1. The van der Waals surface area contributed by atoms with Crippen molar-refractivity contribution in [2.24, 2.45) is 0 Å². The van der Waals surface area contributed by atoms with Gasteiger partial charge in [0.05, 0.1) is 12.7 Å². The van der Waals surface area contributed by atoms with E-state index in [1.165, 1.54) is 0 Å². The van der Waals surface area contributed by atoms with E-state index in [1.807, 2.05) is 67.6 Å². The number of aliphatic hydroxyl groups excluding tert-OH is 1. The van der Waals surface area contributed by atoms with Gasteiger partial charge in [-0.15, -0.1) is 0 Å². The minimum atomic E-state index is -0.588. The SMILES string of the molecule is CC(OCc1ccccc1)C(O)c1ccccc1. The van der Waals surface area contributed by atoms with E-state index in [-0.39, 0.29) is 6.10 Å². The molecule has 0 amide bonds. The number of rotatable bonds is 5. The zero-order valence-electron chi connectivity index (χ0n) is 10.5. The molecule has 94 valence electrons. The van der Waals surface area contributed by atoms with Crippen molar-refractivity contribution in [3.8, 4) is 0 Å². The first-order valence-electron chi connectivity index (χ1n) is 6.16. The van der Waals surface area contributed by atoms with Crippen molar-refractivity contribution in [1.82, 2.24) is 0 Å². The second-order valence-corrected chi connectivity index (χ2v) is 4.36. The molecule has 1 N–H and O–H groups in total. The molecule has 2 nitrogen and oxygen atoms in total. The summed E-state index contributed by atoms with van der Waals surface area (Å²) in [6.07, 6.45) is -0.817. The Bertz CT molecular complexity index is 453. The maximum atomic E-state index is 10.1. The molecule has 2 heteroatoms. The fourth-order valence-corrected chi connectivity index (χ4v) is 1.81. The molecule has 0 aliphatic heterocycles. The van der Waals surface area contributed by atoms with E-state index in [4.69, 9.17) is 4.74 Å². The highest BCUT2D eigenvalue weighted by atomic mass is 16.5. The first-order valence-corrected chi connectivity index (χ1v) is 6.16. The van der Waals surface area contributed by atoms with E-state index in [0.717, 1.165) is 11.1 Å². The Hall–Kier alpha value is -1.64. The van der Waals surface area contributed by atoms with Gasteiger partial charge in [-0.2, -0.15) is 0 Å². The Morgan fingerprint density at radius 1 is 0.944 bits per heavy atom. The minimum absolute atomic E-state index is 0.229. The van der Waals surface area contributed by atoms with Gasteiger partial charge >= 0.3 is 0 Å². The van der Waals surface area contributed by atoms with Crippen LogP contribution in [-0.4, -0.2) is 11.2 Å². The van der Waals surface area contributed by atoms with Crippen LogP contribution < -0.4 is 0 Å². The second-order valence-electron chi connectivity index (χ2n) is 4.36. The molecule has 0 radical (unpaired) electrons. The first-order chi connectivity index (χ1) is 8.77. The van der Waals surface area contributed by atoms with Crippen LogP contribution in [0, 0.1) is 0 Å². The fraction of sp³-hybridized carbons (Fsp3) is 0.250. The van der Waals surface area contributed by atoms with Gasteiger partial charge in [0.1, 0.15) is 6.10 Å². The molecule has 2 rings (SSSR count). The summed E-state index contributed by atoms with van der Waals surface area (Å²) in [7, 11) is 0. The van der Waals surface area contributed by atoms with Crippen LogP contribution in [0.15, 0.2) is 60.7 Å². The highest BCUT2D eigenvalue weighted by Crippen LogP contribution is 2.19. The van der Waals surface area contributed by atoms with Crippen molar-refractivity contribution in [2.75, 3.05) is 0 Å². The van der Waals surface area contributed by atoms with Crippen LogP contribution in [0.25, 0.3) is 0 Å². The molecule has 2 aromatic rings. The quantitative estimate of drug-likeness (QED) is 0.871. The monoisotopic (exact) mass is 242 g/mol. The standard InChI is InChI=1S/C16H18O2/c1-13(16(17)15-10-6-3-7-11-15)18-12-14-8-4-2-5-9-14/h2-11,13,16-17H,12H2,1H3. The third-order valence-electron chi connectivity index (χ3n) is 2.94. The largest absolute Gasteiger partial charge is 0.386 e. The molecule has 0 spiro atoms. The minimum Gasteiger partial charge on any atom is -0.386 e. The summed E-state index contributed by atoms with van der Waals surface area (Å²) in [5.41, 5.74) is 2.00. The molecule has 0 aliphatic rings. The lowest BCUT2D eigenvalue weighted by Crippen LogP contribution is -2.18. The van der Waals surface area contributed by atoms with Crippen LogP contribution in [-0.2, 0) is 11.3 Å². The average Bonchev–Trinajstić information content (AvgIpc) is 2.46. The van der Waals surface area contributed by atoms with Crippen LogP contribution in [0.1, 0.15) is 24.2 Å². The van der Waals surface area contributed by atoms with E-state index in [9.17, 15) is 5.11 Å². The molecule has 2 aromatic carbocycles. The molecule has 0 bridgehead atoms. The van der Waals surface area contributed by atoms with Crippen molar-refractivity contribution < 1.29 is 9.84 Å². The average molecular weight is 242 g/mol. The van der Waals surface area contributed by atoms with Gasteiger partial charge in [0.2, 0.25) is 0 Å². The molecule has 2 atom stereocenters. The lowest BCUT2D eigenvalue weighted by molar-refractivity contribution is -0.0364. The third-order valence-corrected chi connectivity index (χ3v) is 2.94. The Morgan fingerprint density at radius 2 is 1.50 bits per heavy atom. The van der Waals surface area contributed by atoms with Gasteiger partial charge in [-0.1, -0.05) is 60.7 Å². The molecular weight excluding hydrogens is 224 g/mol. The van der Waals surface area contributed by atoms with E-state index in [0.29, 0.717) is 6.61 Å². The molecule has 18 heavy (non-hydrogen) atoms. The van der Waals surface area contributed by atoms with Gasteiger partial charge in [-0.25, -0.2) is 0 Å². The Morgan fingerprint density at radius 3 is 2.11 bits per heavy atom. The van der Waals surface area contributed by atoms with E-state index in [2.05, 4.69) is 0 Å². The van der Waals surface area contributed by atoms with Gasteiger partial charge in [0.15, 0.2) is 0 Å². The summed E-state index contributed by atoms with van der Waals surface area (Å²) in [5.74, 6) is 0. The summed E-state index contributed by atoms with van der Waals surface area (Å²) < 4.78 is 5.69. The summed E-state index contributed by atoms with van der Waals surface area (Å²) >= 11 is 0. The summed E-state index contributed by atoms with van der Waals surface area (Å²) in [4.78, 5) is 0. The zero-order chi connectivity index (χ0) is 12.8. The predicted molar refractivity (Wildman–Crippen MR) is 72.1 cm³/mol. The van der Waals surface area contributed by atoms with Crippen LogP contribution in [0.3, 0.4) is 0 Å². The van der Waals surface area contributed by atoms with Crippen molar-refractivity contribution in [3.05, 3.63) is 71.8 Å². The Balaban J connectivity index is 1.90. The van der Waals surface area contributed by atoms with Gasteiger partial charge in [-0.05, 0) is 18.1 Å². The number of benzene rings is 2. The predicted octanol–water partition coefficient (Wildman–Crippen LogP) is 3.33. The number of aliphatic hydroxyl groups is 1. The normalized spacial score (nSPS) is 14.1. The summed E-state index contributed by atoms with van der Waals surface area (Å²) in [6, 6.07) is 19.6. The first kappa shape index (κ1) is 12.8. The van der Waals surface area contributed by atoms with Crippen LogP contribution in [0.2, 0.25) is 0 Å². The Labute approximate surface area is 108 Å². The van der Waals surface area contributed by atoms with Crippen molar-refractivity contribution in [1.29, 1.82) is 0 Å². The van der Waals surface area contributed by atoms with Gasteiger partial charge in [0.25, 0.3) is 0 Å². The molecule has 0 fully saturated rings. The maximum Gasteiger partial charge on any atom is 0.105 e. The molecular formula is C16H18O2. The number of hydrogen-bond donors (Lipinski definition) is 1. The van der Waals surface area contributed by atoms with Crippen molar-refractivity contribution in [2.45, 2.75) is 25.7 Å². The highest BCUT2D eigenvalue weighted by Gasteiger charge is 2.16. The maximum absolute atomic E-state index is 10.1. The molecule has 2 unspecified atom stereocenters. The van der Waals surface area contributed by atoms with Gasteiger partial charge in [-0.3, -0.25) is 0 Å². The summed E-state index contributed by atoms with van der Waals surface area (Å²) in [6.45, 7) is 2.41. The molecule has 0 aliphatic carbocycles. The lowest BCUT2D eigenvalue weighted by Gasteiger charge is -2.19. The number of hydrogen-bond acceptors (Lipinski definition) is 2. The summed E-state index contributed by atoms with van der Waals surface area (Å²) in [5, 5.41) is 10.1. The zero-order valence-corrected chi connectivity index (χ0v) is 10.5. The van der Waals surface area contributed by atoms with Crippen molar-refractivity contribution >= 4 is 0 Å². The van der Waals surface area contributed by atoms with Crippen LogP contribution in [0.4, 0.5) is 0 Å². The van der Waals surface area contributed by atoms with Gasteiger partial charge in [0, 0.05) is 0 Å². The third kappa shape index (κ3) is 3.42. The molecule has 0 aromatic heterocycles. The fourth-order valence-electron chi connectivity index (χ4n) is 1.81. The van der Waals surface area contributed by atoms with Gasteiger partial charge < -0.3 is 9.84 Å². The number of ether oxygens (including phenoxy) is 1. The second kappa shape index (κ2) is 6.34. The topological polar surface area (TPSA) is 29.5 Å². The Kier molecular flexibility index (Phi) is 4.51. The van der Waals surface area contributed by atoms with E-state index in [1.54, 1.807) is 0 Å². The smallest absolute Gasteiger partial charge is 0.105 e. The van der Waals surface area contributed by atoms with E-state index >= 15 is 0 Å². The highest BCUT2D eigenvalue weighted by molar-refractivity contribution is 5.18. The van der Waals surface area contributed by atoms with Crippen molar-refractivity contribution in [3.63, 3.8) is 0 Å². The van der Waals surface area contributed by atoms with Crippen LogP contribution in [0.5, 0.6) is 0 Å². The van der Waals surface area contributed by atoms with E-state index < -0.39 is 6.10 Å². The molecule has 0 saturated heterocycles. The molecule has 0 saturated carbocycles. The van der Waals surface area contributed by atoms with Crippen LogP contribution >= 0.6 is 0 Å². The molecule has 0 heterocycles.